The molecule has 4 heterocycles. The number of hydrogen-bond donors (Lipinski definition) is 1. The van der Waals surface area contributed by atoms with Crippen LogP contribution in [0.1, 0.15) is 121 Å². The number of ether oxygens (including phenoxy) is 1. The van der Waals surface area contributed by atoms with Crippen molar-refractivity contribution in [1.82, 2.24) is 29.1 Å². The number of sulfone groups is 2. The van der Waals surface area contributed by atoms with Gasteiger partial charge >= 0.3 is 11.9 Å². The van der Waals surface area contributed by atoms with Crippen molar-refractivity contribution >= 4 is 65.0 Å². The molecule has 0 bridgehead atoms. The van der Waals surface area contributed by atoms with E-state index in [2.05, 4.69) is 24.7 Å². The van der Waals surface area contributed by atoms with Gasteiger partial charge in [0.15, 0.2) is 31.2 Å². The Morgan fingerprint density at radius 2 is 1.01 bits per heavy atom. The van der Waals surface area contributed by atoms with E-state index in [1.807, 2.05) is 0 Å². The van der Waals surface area contributed by atoms with Gasteiger partial charge in [0.1, 0.15) is 0 Å². The summed E-state index contributed by atoms with van der Waals surface area (Å²) in [6.07, 6.45) is 19.1. The van der Waals surface area contributed by atoms with Crippen LogP contribution in [0.4, 0.5) is 0 Å². The summed E-state index contributed by atoms with van der Waals surface area (Å²) in [5, 5.41) is 9.57. The number of benzene rings is 2. The Kier molecular flexibility index (Phi) is 16.5. The Morgan fingerprint density at radius 1 is 0.606 bits per heavy atom. The van der Waals surface area contributed by atoms with E-state index in [1.165, 1.54) is 96.2 Å². The molecule has 0 radical (unpaired) electrons. The summed E-state index contributed by atoms with van der Waals surface area (Å²) in [6, 6.07) is 13.0. The maximum absolute atomic E-state index is 13.5. The fourth-order valence-corrected chi connectivity index (χ4v) is 10.7. The van der Waals surface area contributed by atoms with Crippen LogP contribution in [0.25, 0.3) is 21.8 Å². The minimum atomic E-state index is -3.46. The van der Waals surface area contributed by atoms with Crippen molar-refractivity contribution in [3.63, 3.8) is 0 Å². The maximum Gasteiger partial charge on any atom is 0.339 e. The second kappa shape index (κ2) is 22.5. The molecular formula is C51H56N6O12S2. The zero-order valence-electron chi connectivity index (χ0n) is 39.7. The third-order valence-corrected chi connectivity index (χ3v) is 15.6. The standard InChI is InChI=1S/C26H29N3O6S.C25H27N3O6S/c1-35-26(32)18-8-9-19(27-15-18)13-24(30)23(12-17-6-4-3-5-7-17)29-16-28-22-14-20(36(2,33)34)10-11-21(22)25(29)31;1-35(33,34)19-9-10-20-21(13-19)27-15-28(24(20)30)22(11-16-5-3-2-4-6-16)23(29)12-18-8-7-17(14-26-18)25(31)32/h8-11,14-17,23H,3-7,12-13H2,1-2H3;7-10,13-16,22H,2-6,11-12H2,1H3,(H,31,32). The highest BCUT2D eigenvalue weighted by atomic mass is 32.2. The van der Waals surface area contributed by atoms with Crippen LogP contribution in [0.15, 0.2) is 105 Å². The molecule has 374 valence electrons. The lowest BCUT2D eigenvalue weighted by atomic mass is 9.83. The van der Waals surface area contributed by atoms with Crippen LogP contribution >= 0.6 is 0 Å². The van der Waals surface area contributed by atoms with Crippen molar-refractivity contribution < 1.29 is 45.9 Å². The van der Waals surface area contributed by atoms with E-state index in [0.717, 1.165) is 70.3 Å². The van der Waals surface area contributed by atoms with Gasteiger partial charge in [0.25, 0.3) is 11.1 Å². The number of ketones is 2. The Balaban J connectivity index is 0.000000209. The summed E-state index contributed by atoms with van der Waals surface area (Å²) < 4.78 is 55.0. The Hall–Kier alpha value is -6.80. The Bertz CT molecular complexity index is 3310. The summed E-state index contributed by atoms with van der Waals surface area (Å²) in [5.74, 6) is -1.37. The number of aromatic nitrogens is 6. The summed E-state index contributed by atoms with van der Waals surface area (Å²) in [4.78, 5) is 93.7. The quantitative estimate of drug-likeness (QED) is 0.101. The van der Waals surface area contributed by atoms with Crippen LogP contribution in [0, 0.1) is 11.8 Å². The number of carbonyl (C=O) groups excluding carboxylic acids is 3. The van der Waals surface area contributed by atoms with E-state index in [0.29, 0.717) is 36.1 Å². The van der Waals surface area contributed by atoms with Crippen LogP contribution < -0.4 is 11.1 Å². The summed E-state index contributed by atoms with van der Waals surface area (Å²) in [6.45, 7) is 0. The molecule has 2 fully saturated rings. The molecule has 20 heteroatoms. The van der Waals surface area contributed by atoms with E-state index >= 15 is 0 Å². The van der Waals surface area contributed by atoms with Crippen LogP contribution in [-0.2, 0) is 46.8 Å². The topological polar surface area (TPSA) is 262 Å². The number of rotatable bonds is 16. The molecule has 0 aliphatic heterocycles. The van der Waals surface area contributed by atoms with E-state index in [1.54, 1.807) is 12.1 Å². The molecule has 0 amide bonds. The number of fused-ring (bicyclic) bond motifs is 2. The molecule has 1 N–H and O–H groups in total. The largest absolute Gasteiger partial charge is 0.478 e. The lowest BCUT2D eigenvalue weighted by Crippen LogP contribution is -2.33. The minimum Gasteiger partial charge on any atom is -0.478 e. The van der Waals surface area contributed by atoms with E-state index in [4.69, 9.17) is 5.11 Å². The predicted molar refractivity (Wildman–Crippen MR) is 263 cm³/mol. The average molecular weight is 1010 g/mol. The van der Waals surface area contributed by atoms with Gasteiger partial charge < -0.3 is 9.84 Å². The normalized spacial score (nSPS) is 15.6. The number of carbonyl (C=O) groups is 4. The molecule has 2 aliphatic rings. The van der Waals surface area contributed by atoms with Gasteiger partial charge in [0.05, 0.1) is 87.4 Å². The highest BCUT2D eigenvalue weighted by Crippen LogP contribution is 2.33. The smallest absolute Gasteiger partial charge is 0.339 e. The zero-order chi connectivity index (χ0) is 51.0. The molecular weight excluding hydrogens is 953 g/mol. The number of methoxy groups -OCH3 is 1. The number of Topliss-reactive ketones (excluding diaryl/α,β-unsaturated/α-hetero) is 2. The fourth-order valence-electron chi connectivity index (χ4n) is 9.43. The summed E-state index contributed by atoms with van der Waals surface area (Å²) >= 11 is 0. The molecule has 2 atom stereocenters. The van der Waals surface area contributed by atoms with Crippen molar-refractivity contribution in [2.24, 2.45) is 11.8 Å². The van der Waals surface area contributed by atoms with Crippen molar-refractivity contribution in [3.05, 3.63) is 129 Å². The third-order valence-electron chi connectivity index (χ3n) is 13.4. The molecule has 0 spiro atoms. The number of pyridine rings is 2. The molecule has 18 nitrogen and oxygen atoms in total. The lowest BCUT2D eigenvalue weighted by Gasteiger charge is -2.27. The summed E-state index contributed by atoms with van der Waals surface area (Å²) in [5.41, 5.74) is 0.960. The Labute approximate surface area is 410 Å². The first-order valence-electron chi connectivity index (χ1n) is 23.5. The minimum absolute atomic E-state index is 0.00364. The van der Waals surface area contributed by atoms with Gasteiger partial charge in [-0.15, -0.1) is 0 Å². The molecule has 2 saturated carbocycles. The molecule has 2 unspecified atom stereocenters. The first-order valence-corrected chi connectivity index (χ1v) is 27.3. The first-order chi connectivity index (χ1) is 33.8. The van der Waals surface area contributed by atoms with Crippen molar-refractivity contribution in [2.75, 3.05) is 19.6 Å². The monoisotopic (exact) mass is 1010 g/mol. The molecule has 2 aromatic carbocycles. The van der Waals surface area contributed by atoms with Gasteiger partial charge in [-0.25, -0.2) is 36.4 Å². The highest BCUT2D eigenvalue weighted by molar-refractivity contribution is 7.91. The second-order valence-electron chi connectivity index (χ2n) is 18.5. The Morgan fingerprint density at radius 3 is 1.37 bits per heavy atom. The number of aromatic carboxylic acids is 1. The fraction of sp³-hybridized carbons (Fsp3) is 0.412. The van der Waals surface area contributed by atoms with Gasteiger partial charge in [0, 0.05) is 36.3 Å². The average Bonchev–Trinajstić information content (AvgIpc) is 3.35. The number of hydrogen-bond acceptors (Lipinski definition) is 15. The van der Waals surface area contributed by atoms with Gasteiger partial charge in [0.2, 0.25) is 0 Å². The molecule has 2 aliphatic carbocycles. The van der Waals surface area contributed by atoms with Crippen LogP contribution in [0.2, 0.25) is 0 Å². The van der Waals surface area contributed by atoms with E-state index in [9.17, 15) is 45.6 Å². The van der Waals surface area contributed by atoms with Crippen LogP contribution in [-0.4, -0.2) is 94.1 Å². The van der Waals surface area contributed by atoms with Crippen molar-refractivity contribution in [2.45, 2.75) is 112 Å². The molecule has 8 rings (SSSR count). The first kappa shape index (κ1) is 52.0. The number of nitrogens with zero attached hydrogens (tertiary/aromatic N) is 6. The molecule has 4 aromatic heterocycles. The van der Waals surface area contributed by atoms with Crippen LogP contribution in [0.3, 0.4) is 0 Å². The summed E-state index contributed by atoms with van der Waals surface area (Å²) in [7, 11) is -5.62. The molecule has 6 aromatic rings. The third kappa shape index (κ3) is 12.9. The number of esters is 1. The second-order valence-corrected chi connectivity index (χ2v) is 22.5. The number of carboxylic acid groups (broad SMARTS) is 1. The highest BCUT2D eigenvalue weighted by Gasteiger charge is 2.30. The van der Waals surface area contributed by atoms with Crippen molar-refractivity contribution in [3.8, 4) is 0 Å². The van der Waals surface area contributed by atoms with Gasteiger partial charge in [-0.3, -0.25) is 38.3 Å². The van der Waals surface area contributed by atoms with Gasteiger partial charge in [-0.2, -0.15) is 0 Å². The number of carboxylic acids is 1. The van der Waals surface area contributed by atoms with Gasteiger partial charge in [-0.05, 0) is 85.3 Å². The van der Waals surface area contributed by atoms with Crippen molar-refractivity contribution in [1.29, 1.82) is 0 Å². The molecule has 71 heavy (non-hydrogen) atoms. The van der Waals surface area contributed by atoms with E-state index in [-0.39, 0.29) is 72.7 Å². The predicted octanol–water partition coefficient (Wildman–Crippen LogP) is 6.52. The SMILES string of the molecule is COC(=O)c1ccc(CC(=O)C(CC2CCCCC2)n2cnc3cc(S(C)(=O)=O)ccc3c2=O)nc1.CS(=O)(=O)c1ccc2c(=O)n(C(CC3CCCCC3)C(=O)Cc3ccc(C(=O)O)cn3)cnc2c1. The van der Waals surface area contributed by atoms with Gasteiger partial charge in [-0.1, -0.05) is 64.2 Å². The lowest BCUT2D eigenvalue weighted by molar-refractivity contribution is -0.123. The zero-order valence-corrected chi connectivity index (χ0v) is 41.4. The van der Waals surface area contributed by atoms with Crippen LogP contribution in [0.5, 0.6) is 0 Å². The van der Waals surface area contributed by atoms with E-state index < -0.39 is 49.3 Å². The maximum atomic E-state index is 13.5. The molecule has 0 saturated heterocycles.